The lowest BCUT2D eigenvalue weighted by molar-refractivity contribution is -0.132. The molecule has 0 saturated carbocycles. The van der Waals surface area contributed by atoms with E-state index < -0.39 is 11.9 Å². The Morgan fingerprint density at radius 2 is 2.05 bits per heavy atom. The lowest BCUT2D eigenvalue weighted by Gasteiger charge is -2.33. The number of nitrogens with zero attached hydrogens (tertiary/aromatic N) is 1. The number of hydrogen-bond acceptors (Lipinski definition) is 3. The predicted molar refractivity (Wildman–Crippen MR) is 83.7 cm³/mol. The summed E-state index contributed by atoms with van der Waals surface area (Å²) in [6, 6.07) is 6.47. The number of hydrogen-bond donors (Lipinski definition) is 2. The molecule has 1 heterocycles. The van der Waals surface area contributed by atoms with E-state index in [1.54, 1.807) is 23.1 Å². The van der Waals surface area contributed by atoms with Crippen molar-refractivity contribution in [3.8, 4) is 0 Å². The third kappa shape index (κ3) is 3.76. The predicted octanol–water partition coefficient (Wildman–Crippen LogP) is 1.09. The third-order valence-corrected chi connectivity index (χ3v) is 3.84. The maximum atomic E-state index is 12.5. The van der Waals surface area contributed by atoms with Gasteiger partial charge in [-0.1, -0.05) is 23.7 Å². The molecule has 1 unspecified atom stereocenters. The number of amides is 3. The fourth-order valence-electron chi connectivity index (χ4n) is 2.40. The van der Waals surface area contributed by atoms with Gasteiger partial charge in [-0.15, -0.1) is 0 Å². The van der Waals surface area contributed by atoms with Gasteiger partial charge in [0.1, 0.15) is 12.5 Å². The first-order valence-corrected chi connectivity index (χ1v) is 7.46. The number of halogens is 1. The van der Waals surface area contributed by atoms with Crippen LogP contribution in [-0.2, 0) is 14.4 Å². The van der Waals surface area contributed by atoms with Gasteiger partial charge in [-0.3, -0.25) is 14.4 Å². The Balaban J connectivity index is 2.06. The highest BCUT2D eigenvalue weighted by molar-refractivity contribution is 6.33. The Labute approximate surface area is 133 Å². The first kappa shape index (κ1) is 16.3. The van der Waals surface area contributed by atoms with E-state index in [0.717, 1.165) is 6.42 Å². The van der Waals surface area contributed by atoms with Crippen molar-refractivity contribution in [3.63, 3.8) is 0 Å². The van der Waals surface area contributed by atoms with Crippen LogP contribution in [0.3, 0.4) is 0 Å². The largest absolute Gasteiger partial charge is 0.359 e. The summed E-state index contributed by atoms with van der Waals surface area (Å²) in [5.74, 6) is -1.05. The van der Waals surface area contributed by atoms with Gasteiger partial charge in [0.2, 0.25) is 17.7 Å². The Hall–Kier alpha value is -2.08. The number of para-hydroxylation sites is 1. The molecule has 1 fully saturated rings. The third-order valence-electron chi connectivity index (χ3n) is 3.52. The fourth-order valence-corrected chi connectivity index (χ4v) is 2.64. The number of rotatable bonds is 4. The molecule has 1 atom stereocenters. The quantitative estimate of drug-likeness (QED) is 0.814. The molecule has 22 heavy (non-hydrogen) atoms. The maximum absolute atomic E-state index is 12.5. The van der Waals surface area contributed by atoms with Gasteiger partial charge in [-0.2, -0.15) is 0 Å². The molecule has 1 saturated heterocycles. The summed E-state index contributed by atoms with van der Waals surface area (Å²) in [6.07, 6.45) is 1.02. The highest BCUT2D eigenvalue weighted by atomic mass is 35.5. The average molecular weight is 324 g/mol. The van der Waals surface area contributed by atoms with Crippen LogP contribution >= 0.6 is 11.6 Å². The van der Waals surface area contributed by atoms with Crippen LogP contribution in [0, 0.1) is 0 Å². The van der Waals surface area contributed by atoms with E-state index in [4.69, 9.17) is 11.6 Å². The SMILES string of the molecule is CNC(=O)CC(=O)NC1CCCN(c2ccccc2Cl)C1=O. The standard InChI is InChI=1S/C15H18ClN3O3/c1-17-13(20)9-14(21)18-11-6-4-8-19(15(11)22)12-7-3-2-5-10(12)16/h2-3,5,7,11H,4,6,8-9H2,1H3,(H,17,20)(H,18,21). The molecule has 1 aromatic rings. The van der Waals surface area contributed by atoms with Crippen molar-refractivity contribution in [1.29, 1.82) is 0 Å². The van der Waals surface area contributed by atoms with Gasteiger partial charge in [-0.05, 0) is 25.0 Å². The summed E-state index contributed by atoms with van der Waals surface area (Å²) in [5.41, 5.74) is 0.638. The zero-order chi connectivity index (χ0) is 16.1. The van der Waals surface area contributed by atoms with Gasteiger partial charge >= 0.3 is 0 Å². The fraction of sp³-hybridized carbons (Fsp3) is 0.400. The second-order valence-corrected chi connectivity index (χ2v) is 5.46. The first-order valence-electron chi connectivity index (χ1n) is 7.08. The summed E-state index contributed by atoms with van der Waals surface area (Å²) in [7, 11) is 1.46. The van der Waals surface area contributed by atoms with Crippen LogP contribution in [0.1, 0.15) is 19.3 Å². The molecule has 2 rings (SSSR count). The molecule has 0 bridgehead atoms. The zero-order valence-electron chi connectivity index (χ0n) is 12.3. The van der Waals surface area contributed by atoms with Gasteiger partial charge in [0, 0.05) is 13.6 Å². The van der Waals surface area contributed by atoms with Crippen LogP contribution in [0.15, 0.2) is 24.3 Å². The monoisotopic (exact) mass is 323 g/mol. The van der Waals surface area contributed by atoms with Crippen LogP contribution in [0.4, 0.5) is 5.69 Å². The normalized spacial score (nSPS) is 18.0. The molecule has 0 radical (unpaired) electrons. The molecule has 6 nitrogen and oxygen atoms in total. The highest BCUT2D eigenvalue weighted by Gasteiger charge is 2.31. The van der Waals surface area contributed by atoms with Crippen molar-refractivity contribution in [1.82, 2.24) is 10.6 Å². The molecule has 0 aliphatic carbocycles. The van der Waals surface area contributed by atoms with Gasteiger partial charge in [-0.25, -0.2) is 0 Å². The van der Waals surface area contributed by atoms with Crippen molar-refractivity contribution < 1.29 is 14.4 Å². The molecule has 0 aromatic heterocycles. The van der Waals surface area contributed by atoms with E-state index in [0.29, 0.717) is 23.7 Å². The topological polar surface area (TPSA) is 78.5 Å². The first-order chi connectivity index (χ1) is 10.5. The molecular formula is C15H18ClN3O3. The van der Waals surface area contributed by atoms with Crippen molar-refractivity contribution >= 4 is 35.0 Å². The van der Waals surface area contributed by atoms with E-state index >= 15 is 0 Å². The smallest absolute Gasteiger partial charge is 0.249 e. The maximum Gasteiger partial charge on any atom is 0.249 e. The Bertz CT molecular complexity index is 591. The number of anilines is 1. The van der Waals surface area contributed by atoms with Gasteiger partial charge in [0.25, 0.3) is 0 Å². The number of carbonyl (C=O) groups excluding carboxylic acids is 3. The molecule has 2 N–H and O–H groups in total. The lowest BCUT2D eigenvalue weighted by Crippen LogP contribution is -2.53. The van der Waals surface area contributed by atoms with Crippen molar-refractivity contribution in [3.05, 3.63) is 29.3 Å². The minimum atomic E-state index is -0.623. The molecule has 1 aliphatic heterocycles. The van der Waals surface area contributed by atoms with E-state index in [9.17, 15) is 14.4 Å². The van der Waals surface area contributed by atoms with Crippen molar-refractivity contribution in [2.75, 3.05) is 18.5 Å². The summed E-state index contributed by atoms with van der Waals surface area (Å²) in [4.78, 5) is 37.1. The van der Waals surface area contributed by atoms with E-state index in [1.165, 1.54) is 7.05 Å². The van der Waals surface area contributed by atoms with E-state index in [1.807, 2.05) is 6.07 Å². The summed E-state index contributed by atoms with van der Waals surface area (Å²) in [6.45, 7) is 0.560. The molecule has 0 spiro atoms. The van der Waals surface area contributed by atoms with E-state index in [2.05, 4.69) is 10.6 Å². The Morgan fingerprint density at radius 3 is 2.73 bits per heavy atom. The molecule has 7 heteroatoms. The second-order valence-electron chi connectivity index (χ2n) is 5.05. The highest BCUT2D eigenvalue weighted by Crippen LogP contribution is 2.28. The minimum absolute atomic E-state index is 0.204. The zero-order valence-corrected chi connectivity index (χ0v) is 13.0. The number of carbonyl (C=O) groups is 3. The molecule has 1 aliphatic rings. The van der Waals surface area contributed by atoms with Crippen LogP contribution in [-0.4, -0.2) is 37.4 Å². The minimum Gasteiger partial charge on any atom is -0.359 e. The molecule has 118 valence electrons. The number of benzene rings is 1. The summed E-state index contributed by atoms with van der Waals surface area (Å²) >= 11 is 6.13. The van der Waals surface area contributed by atoms with Gasteiger partial charge in [0.05, 0.1) is 10.7 Å². The van der Waals surface area contributed by atoms with Gasteiger partial charge in [0.15, 0.2) is 0 Å². The number of nitrogens with one attached hydrogen (secondary N) is 2. The second kappa shape index (κ2) is 7.26. The van der Waals surface area contributed by atoms with Crippen LogP contribution in [0.25, 0.3) is 0 Å². The molecule has 3 amide bonds. The molecular weight excluding hydrogens is 306 g/mol. The van der Waals surface area contributed by atoms with Gasteiger partial charge < -0.3 is 15.5 Å². The van der Waals surface area contributed by atoms with E-state index in [-0.39, 0.29) is 18.2 Å². The summed E-state index contributed by atoms with van der Waals surface area (Å²) < 4.78 is 0. The Morgan fingerprint density at radius 1 is 1.32 bits per heavy atom. The average Bonchev–Trinajstić information content (AvgIpc) is 2.50. The summed E-state index contributed by atoms with van der Waals surface area (Å²) in [5, 5.41) is 5.49. The molecule has 1 aromatic carbocycles. The number of piperidine rings is 1. The van der Waals surface area contributed by atoms with Crippen LogP contribution < -0.4 is 15.5 Å². The Kier molecular flexibility index (Phi) is 5.38. The van der Waals surface area contributed by atoms with Crippen molar-refractivity contribution in [2.45, 2.75) is 25.3 Å². The van der Waals surface area contributed by atoms with Crippen LogP contribution in [0.2, 0.25) is 5.02 Å². The van der Waals surface area contributed by atoms with Crippen LogP contribution in [0.5, 0.6) is 0 Å². The van der Waals surface area contributed by atoms with Crippen molar-refractivity contribution in [2.24, 2.45) is 0 Å². The lowest BCUT2D eigenvalue weighted by atomic mass is 10.0.